The highest BCUT2D eigenvalue weighted by Crippen LogP contribution is 2.22. The Morgan fingerprint density at radius 2 is 1.94 bits per heavy atom. The molecule has 0 aliphatic carbocycles. The van der Waals surface area contributed by atoms with Crippen LogP contribution in [0.2, 0.25) is 0 Å². The number of carbonyl (C=O) groups excluding carboxylic acids is 2. The quantitative estimate of drug-likeness (QED) is 0.463. The molecule has 0 heterocycles. The Balaban J connectivity index is 2.58. The molecule has 0 radical (unpaired) electrons. The topological polar surface area (TPSA) is 43.4 Å². The predicted molar refractivity (Wildman–Crippen MR) is 61.2 cm³/mol. The molecule has 0 aromatic heterocycles. The van der Waals surface area contributed by atoms with Crippen molar-refractivity contribution < 1.29 is 18.7 Å². The van der Waals surface area contributed by atoms with Crippen LogP contribution in [-0.4, -0.2) is 16.9 Å². The van der Waals surface area contributed by atoms with Gasteiger partial charge in [0, 0.05) is 6.42 Å². The molecule has 0 fully saturated rings. The first-order chi connectivity index (χ1) is 7.98. The van der Waals surface area contributed by atoms with Crippen molar-refractivity contribution in [1.82, 2.24) is 0 Å². The number of ketones is 1. The van der Waals surface area contributed by atoms with Crippen molar-refractivity contribution >= 4 is 23.4 Å². The Morgan fingerprint density at radius 3 is 2.47 bits per heavy atom. The van der Waals surface area contributed by atoms with Gasteiger partial charge in [-0.2, -0.15) is 0 Å². The van der Waals surface area contributed by atoms with Crippen LogP contribution in [-0.2, 0) is 20.9 Å². The number of halogens is 2. The van der Waals surface area contributed by atoms with E-state index in [1.807, 2.05) is 0 Å². The zero-order valence-electron chi connectivity index (χ0n) is 9.28. The van der Waals surface area contributed by atoms with Crippen molar-refractivity contribution in [2.75, 3.05) is 0 Å². The summed E-state index contributed by atoms with van der Waals surface area (Å²) in [6.07, 6.45) is -0.166. The van der Waals surface area contributed by atoms with Crippen LogP contribution in [0, 0.1) is 0 Å². The molecule has 0 aliphatic rings. The number of benzene rings is 1. The van der Waals surface area contributed by atoms with Crippen LogP contribution in [0.3, 0.4) is 0 Å². The van der Waals surface area contributed by atoms with Gasteiger partial charge in [0.2, 0.25) is 0 Å². The van der Waals surface area contributed by atoms with E-state index in [-0.39, 0.29) is 13.0 Å². The molecule has 0 saturated carbocycles. The number of ether oxygens (including phenoxy) is 1. The highest BCUT2D eigenvalue weighted by atomic mass is 35.5. The lowest BCUT2D eigenvalue weighted by Crippen LogP contribution is -2.37. The summed E-state index contributed by atoms with van der Waals surface area (Å²) in [5.41, 5.74) is 0.692. The van der Waals surface area contributed by atoms with Crippen LogP contribution in [0.1, 0.15) is 18.9 Å². The van der Waals surface area contributed by atoms with Gasteiger partial charge in [-0.1, -0.05) is 48.9 Å². The van der Waals surface area contributed by atoms with Gasteiger partial charge in [0.05, 0.1) is 0 Å². The zero-order chi connectivity index (χ0) is 12.9. The third-order valence-corrected chi connectivity index (χ3v) is 2.51. The molecule has 0 saturated heterocycles. The first-order valence-electron chi connectivity index (χ1n) is 5.10. The molecule has 0 N–H and O–H groups in total. The van der Waals surface area contributed by atoms with Gasteiger partial charge in [0.1, 0.15) is 6.61 Å². The van der Waals surface area contributed by atoms with Crippen molar-refractivity contribution in [3.05, 3.63) is 35.9 Å². The van der Waals surface area contributed by atoms with Crippen LogP contribution < -0.4 is 0 Å². The lowest BCUT2D eigenvalue weighted by Gasteiger charge is -2.14. The molecular weight excluding hydrogens is 247 g/mol. The van der Waals surface area contributed by atoms with Gasteiger partial charge in [-0.05, 0) is 5.56 Å². The standard InChI is InChI=1S/C12H12ClFO3/c1-2-10(15)12(13,14)11(16)17-8-9-6-4-3-5-7-9/h3-7H,2,8H2,1H3/t12-/m0/s1. The van der Waals surface area contributed by atoms with E-state index in [1.54, 1.807) is 30.3 Å². The number of hydrogen-bond donors (Lipinski definition) is 0. The van der Waals surface area contributed by atoms with E-state index in [9.17, 15) is 14.0 Å². The number of rotatable bonds is 5. The van der Waals surface area contributed by atoms with Gasteiger partial charge in [-0.15, -0.1) is 0 Å². The fourth-order valence-corrected chi connectivity index (χ4v) is 1.34. The SMILES string of the molecule is CCC(=O)[C@@](F)(Cl)C(=O)OCc1ccccc1. The van der Waals surface area contributed by atoms with E-state index in [1.165, 1.54) is 6.92 Å². The van der Waals surface area contributed by atoms with E-state index in [4.69, 9.17) is 11.6 Å². The molecule has 1 rings (SSSR count). The van der Waals surface area contributed by atoms with Gasteiger partial charge in [-0.25, -0.2) is 9.18 Å². The maximum atomic E-state index is 13.5. The Labute approximate surface area is 104 Å². The second kappa shape index (κ2) is 5.77. The first kappa shape index (κ1) is 13.6. The number of carbonyl (C=O) groups is 2. The van der Waals surface area contributed by atoms with Crippen LogP contribution in [0.4, 0.5) is 4.39 Å². The maximum absolute atomic E-state index is 13.5. The summed E-state index contributed by atoms with van der Waals surface area (Å²) < 4.78 is 18.2. The molecule has 1 atom stereocenters. The highest BCUT2D eigenvalue weighted by Gasteiger charge is 2.44. The Kier molecular flexibility index (Phi) is 4.63. The largest absolute Gasteiger partial charge is 0.457 e. The fraction of sp³-hybridized carbons (Fsp3) is 0.333. The molecule has 0 bridgehead atoms. The van der Waals surface area contributed by atoms with Gasteiger partial charge in [-0.3, -0.25) is 4.79 Å². The monoisotopic (exact) mass is 258 g/mol. The minimum absolute atomic E-state index is 0.116. The van der Waals surface area contributed by atoms with Crippen LogP contribution in [0.5, 0.6) is 0 Å². The second-order valence-electron chi connectivity index (χ2n) is 3.41. The maximum Gasteiger partial charge on any atom is 0.368 e. The molecule has 0 amide bonds. The first-order valence-corrected chi connectivity index (χ1v) is 5.48. The number of Topliss-reactive ketones (excluding diaryl/α,β-unsaturated/α-hetero) is 1. The molecule has 92 valence electrons. The fourth-order valence-electron chi connectivity index (χ4n) is 1.15. The van der Waals surface area contributed by atoms with Gasteiger partial charge in [0.15, 0.2) is 5.78 Å². The summed E-state index contributed by atoms with van der Waals surface area (Å²) in [5, 5.41) is -3.08. The normalized spacial score (nSPS) is 13.8. The molecular formula is C12H12ClFO3. The molecule has 5 heteroatoms. The van der Waals surface area contributed by atoms with E-state index in [0.717, 1.165) is 0 Å². The summed E-state index contributed by atoms with van der Waals surface area (Å²) in [4.78, 5) is 22.4. The third kappa shape index (κ3) is 3.53. The Morgan fingerprint density at radius 1 is 1.35 bits per heavy atom. The van der Waals surface area contributed by atoms with E-state index in [2.05, 4.69) is 4.74 Å². The lowest BCUT2D eigenvalue weighted by atomic mass is 10.2. The average molecular weight is 259 g/mol. The smallest absolute Gasteiger partial charge is 0.368 e. The number of alkyl halides is 2. The summed E-state index contributed by atoms with van der Waals surface area (Å²) in [6, 6.07) is 8.73. The predicted octanol–water partition coefficient (Wildman–Crippen LogP) is 2.61. The van der Waals surface area contributed by atoms with Crippen molar-refractivity contribution in [1.29, 1.82) is 0 Å². The molecule has 0 spiro atoms. The molecule has 1 aromatic rings. The van der Waals surface area contributed by atoms with Crippen LogP contribution >= 0.6 is 11.6 Å². The van der Waals surface area contributed by atoms with Crippen LogP contribution in [0.25, 0.3) is 0 Å². The van der Waals surface area contributed by atoms with Gasteiger partial charge in [0.25, 0.3) is 0 Å². The Bertz CT molecular complexity index is 403. The summed E-state index contributed by atoms with van der Waals surface area (Å²) in [7, 11) is 0. The zero-order valence-corrected chi connectivity index (χ0v) is 10.0. The van der Waals surface area contributed by atoms with E-state index >= 15 is 0 Å². The van der Waals surface area contributed by atoms with Crippen molar-refractivity contribution in [3.8, 4) is 0 Å². The van der Waals surface area contributed by atoms with E-state index < -0.39 is 16.9 Å². The molecule has 0 aliphatic heterocycles. The number of esters is 1. The summed E-state index contributed by atoms with van der Waals surface area (Å²) in [6.45, 7) is 1.30. The summed E-state index contributed by atoms with van der Waals surface area (Å²) >= 11 is 5.21. The average Bonchev–Trinajstić information content (AvgIpc) is 2.35. The third-order valence-electron chi connectivity index (χ3n) is 2.14. The second-order valence-corrected chi connectivity index (χ2v) is 3.93. The Hall–Kier alpha value is -1.42. The molecule has 1 aromatic carbocycles. The molecule has 3 nitrogen and oxygen atoms in total. The van der Waals surface area contributed by atoms with Gasteiger partial charge < -0.3 is 4.74 Å². The van der Waals surface area contributed by atoms with Crippen molar-refractivity contribution in [2.45, 2.75) is 25.1 Å². The summed E-state index contributed by atoms with van der Waals surface area (Å²) in [5.74, 6) is -2.37. The van der Waals surface area contributed by atoms with Gasteiger partial charge >= 0.3 is 11.1 Å². The minimum Gasteiger partial charge on any atom is -0.457 e. The highest BCUT2D eigenvalue weighted by molar-refractivity contribution is 6.44. The lowest BCUT2D eigenvalue weighted by molar-refractivity contribution is -0.157. The molecule has 0 unspecified atom stereocenters. The molecule has 17 heavy (non-hydrogen) atoms. The van der Waals surface area contributed by atoms with Crippen LogP contribution in [0.15, 0.2) is 30.3 Å². The number of hydrogen-bond acceptors (Lipinski definition) is 3. The van der Waals surface area contributed by atoms with E-state index in [0.29, 0.717) is 5.56 Å². The minimum atomic E-state index is -3.08. The van der Waals surface area contributed by atoms with Crippen molar-refractivity contribution in [3.63, 3.8) is 0 Å². The van der Waals surface area contributed by atoms with Crippen molar-refractivity contribution in [2.24, 2.45) is 0 Å².